The van der Waals surface area contributed by atoms with Crippen molar-refractivity contribution in [2.24, 2.45) is 0 Å². The molecule has 94 valence electrons. The molecule has 1 aromatic heterocycles. The van der Waals surface area contributed by atoms with E-state index in [0.717, 1.165) is 12.1 Å². The number of benzene rings is 1. The Morgan fingerprint density at radius 1 is 1.06 bits per heavy atom. The molecule has 2 rings (SSSR count). The standard InChI is InChI=1S/C11H3Br3F2OS/c12-4-1-6(15)9(7(16)2-4)10(17)5-3-8(13)18-11(5)14/h1-3H. The number of carbonyl (C=O) groups is 1. The highest BCUT2D eigenvalue weighted by Gasteiger charge is 2.23. The molecular formula is C11H3Br3F2OS. The van der Waals surface area contributed by atoms with Gasteiger partial charge in [0.1, 0.15) is 11.6 Å². The molecule has 7 heteroatoms. The minimum Gasteiger partial charge on any atom is -0.288 e. The largest absolute Gasteiger partial charge is 0.288 e. The molecule has 0 N–H and O–H groups in total. The van der Waals surface area contributed by atoms with Crippen LogP contribution in [0.15, 0.2) is 30.2 Å². The zero-order chi connectivity index (χ0) is 13.4. The summed E-state index contributed by atoms with van der Waals surface area (Å²) in [4.78, 5) is 12.1. The van der Waals surface area contributed by atoms with Crippen molar-refractivity contribution in [3.8, 4) is 0 Å². The first-order valence-electron chi connectivity index (χ1n) is 4.54. The van der Waals surface area contributed by atoms with E-state index in [1.807, 2.05) is 0 Å². The third kappa shape index (κ3) is 2.74. The van der Waals surface area contributed by atoms with Gasteiger partial charge in [0.15, 0.2) is 0 Å². The predicted octanol–water partition coefficient (Wildman–Crippen LogP) is 5.54. The Bertz CT molecular complexity index is 616. The van der Waals surface area contributed by atoms with Gasteiger partial charge in [-0.2, -0.15) is 0 Å². The molecule has 0 aliphatic heterocycles. The lowest BCUT2D eigenvalue weighted by Crippen LogP contribution is -2.07. The van der Waals surface area contributed by atoms with Crippen LogP contribution in [0, 0.1) is 11.6 Å². The van der Waals surface area contributed by atoms with Crippen LogP contribution in [0.3, 0.4) is 0 Å². The van der Waals surface area contributed by atoms with E-state index < -0.39 is 23.0 Å². The van der Waals surface area contributed by atoms with E-state index in [2.05, 4.69) is 47.8 Å². The molecule has 0 bridgehead atoms. The molecule has 0 aliphatic rings. The SMILES string of the molecule is O=C(c1cc(Br)sc1Br)c1c(F)cc(Br)cc1F. The lowest BCUT2D eigenvalue weighted by atomic mass is 10.1. The van der Waals surface area contributed by atoms with Crippen LogP contribution in [0.25, 0.3) is 0 Å². The summed E-state index contributed by atoms with van der Waals surface area (Å²) in [5.41, 5.74) is -0.323. The number of ketones is 1. The summed E-state index contributed by atoms with van der Waals surface area (Å²) in [6, 6.07) is 3.65. The van der Waals surface area contributed by atoms with E-state index >= 15 is 0 Å². The van der Waals surface area contributed by atoms with E-state index in [1.54, 1.807) is 0 Å². The fourth-order valence-corrected chi connectivity index (χ4v) is 4.58. The van der Waals surface area contributed by atoms with Crippen LogP contribution in [0.1, 0.15) is 15.9 Å². The maximum atomic E-state index is 13.7. The number of hydrogen-bond acceptors (Lipinski definition) is 2. The second-order valence-electron chi connectivity index (χ2n) is 3.31. The molecule has 0 unspecified atom stereocenters. The van der Waals surface area contributed by atoms with Crippen molar-refractivity contribution in [2.45, 2.75) is 0 Å². The second kappa shape index (κ2) is 5.48. The topological polar surface area (TPSA) is 17.1 Å². The summed E-state index contributed by atoms with van der Waals surface area (Å²) in [7, 11) is 0. The van der Waals surface area contributed by atoms with Gasteiger partial charge in [-0.3, -0.25) is 4.79 Å². The van der Waals surface area contributed by atoms with Crippen LogP contribution in [-0.4, -0.2) is 5.78 Å². The first-order valence-corrected chi connectivity index (χ1v) is 7.73. The average Bonchev–Trinajstić information content (AvgIpc) is 2.56. The van der Waals surface area contributed by atoms with E-state index in [9.17, 15) is 13.6 Å². The lowest BCUT2D eigenvalue weighted by Gasteiger charge is -2.04. The quantitative estimate of drug-likeness (QED) is 0.537. The molecule has 0 amide bonds. The highest BCUT2D eigenvalue weighted by atomic mass is 79.9. The van der Waals surface area contributed by atoms with Crippen molar-refractivity contribution in [3.05, 3.63) is 53.0 Å². The summed E-state index contributed by atoms with van der Waals surface area (Å²) in [5, 5.41) is 0. The third-order valence-corrected chi connectivity index (χ3v) is 4.93. The van der Waals surface area contributed by atoms with E-state index in [4.69, 9.17) is 0 Å². The zero-order valence-electron chi connectivity index (χ0n) is 8.44. The van der Waals surface area contributed by atoms with Gasteiger partial charge in [0.25, 0.3) is 0 Å². The van der Waals surface area contributed by atoms with Crippen LogP contribution < -0.4 is 0 Å². The average molecular weight is 461 g/mol. The summed E-state index contributed by atoms with van der Waals surface area (Å²) in [5.74, 6) is -2.46. The van der Waals surface area contributed by atoms with Crippen molar-refractivity contribution in [1.82, 2.24) is 0 Å². The molecule has 0 fully saturated rings. The van der Waals surface area contributed by atoms with Crippen LogP contribution >= 0.6 is 59.1 Å². The summed E-state index contributed by atoms with van der Waals surface area (Å²) >= 11 is 10.6. The van der Waals surface area contributed by atoms with E-state index in [1.165, 1.54) is 17.4 Å². The van der Waals surface area contributed by atoms with Crippen molar-refractivity contribution < 1.29 is 13.6 Å². The van der Waals surface area contributed by atoms with Gasteiger partial charge < -0.3 is 0 Å². The third-order valence-electron chi connectivity index (χ3n) is 2.14. The molecular weight excluding hydrogens is 458 g/mol. The fourth-order valence-electron chi connectivity index (χ4n) is 1.39. The maximum absolute atomic E-state index is 13.7. The molecule has 18 heavy (non-hydrogen) atoms. The van der Waals surface area contributed by atoms with Gasteiger partial charge in [-0.15, -0.1) is 11.3 Å². The Morgan fingerprint density at radius 2 is 1.61 bits per heavy atom. The molecule has 2 aromatic rings. The van der Waals surface area contributed by atoms with Crippen molar-refractivity contribution in [2.75, 3.05) is 0 Å². The Labute approximate surface area is 131 Å². The van der Waals surface area contributed by atoms with Crippen LogP contribution in [-0.2, 0) is 0 Å². The Kier molecular flexibility index (Phi) is 4.36. The monoisotopic (exact) mass is 458 g/mol. The zero-order valence-corrected chi connectivity index (χ0v) is 14.0. The Hall–Kier alpha value is -0.110. The minimum atomic E-state index is -0.888. The Balaban J connectivity index is 2.56. The minimum absolute atomic E-state index is 0.229. The Morgan fingerprint density at radius 3 is 2.06 bits per heavy atom. The van der Waals surface area contributed by atoms with Gasteiger partial charge in [-0.05, 0) is 50.1 Å². The molecule has 0 radical (unpaired) electrons. The molecule has 0 aliphatic carbocycles. The highest BCUT2D eigenvalue weighted by Crippen LogP contribution is 2.34. The number of rotatable bonds is 2. The first-order chi connectivity index (χ1) is 8.40. The van der Waals surface area contributed by atoms with Crippen LogP contribution in [0.2, 0.25) is 0 Å². The summed E-state index contributed by atoms with van der Waals surface area (Å²) < 4.78 is 28.8. The van der Waals surface area contributed by atoms with Gasteiger partial charge in [0.2, 0.25) is 5.78 Å². The summed E-state index contributed by atoms with van der Waals surface area (Å²) in [6.07, 6.45) is 0. The number of halogens is 5. The van der Waals surface area contributed by atoms with Crippen LogP contribution in [0.4, 0.5) is 8.78 Å². The molecule has 0 spiro atoms. The number of thiophene rings is 1. The van der Waals surface area contributed by atoms with Gasteiger partial charge in [-0.25, -0.2) is 8.78 Å². The molecule has 1 aromatic carbocycles. The predicted molar refractivity (Wildman–Crippen MR) is 77.2 cm³/mol. The lowest BCUT2D eigenvalue weighted by molar-refractivity contribution is 0.103. The molecule has 0 saturated carbocycles. The summed E-state index contributed by atoms with van der Waals surface area (Å²) in [6.45, 7) is 0. The molecule has 0 atom stereocenters. The van der Waals surface area contributed by atoms with Gasteiger partial charge in [0.05, 0.1) is 13.1 Å². The van der Waals surface area contributed by atoms with Crippen LogP contribution in [0.5, 0.6) is 0 Å². The molecule has 0 saturated heterocycles. The fraction of sp³-hybridized carbons (Fsp3) is 0. The van der Waals surface area contributed by atoms with Gasteiger partial charge >= 0.3 is 0 Å². The van der Waals surface area contributed by atoms with Gasteiger partial charge in [0, 0.05) is 10.0 Å². The van der Waals surface area contributed by atoms with Crippen molar-refractivity contribution >= 4 is 64.9 Å². The smallest absolute Gasteiger partial charge is 0.200 e. The second-order valence-corrected chi connectivity index (χ2v) is 7.98. The van der Waals surface area contributed by atoms with Crippen molar-refractivity contribution in [3.63, 3.8) is 0 Å². The van der Waals surface area contributed by atoms with Gasteiger partial charge in [-0.1, -0.05) is 15.9 Å². The normalized spacial score (nSPS) is 10.7. The highest BCUT2D eigenvalue weighted by molar-refractivity contribution is 9.12. The van der Waals surface area contributed by atoms with E-state index in [-0.39, 0.29) is 10.0 Å². The van der Waals surface area contributed by atoms with Crippen molar-refractivity contribution in [1.29, 1.82) is 0 Å². The van der Waals surface area contributed by atoms with E-state index in [0.29, 0.717) is 7.57 Å². The molecule has 1 nitrogen and oxygen atoms in total. The first kappa shape index (κ1) is 14.3. The maximum Gasteiger partial charge on any atom is 0.200 e. The number of hydrogen-bond donors (Lipinski definition) is 0. The number of carbonyl (C=O) groups excluding carboxylic acids is 1. The molecule has 1 heterocycles.